The first kappa shape index (κ1) is 16.0. The zero-order valence-electron chi connectivity index (χ0n) is 13.0. The van der Waals surface area contributed by atoms with E-state index >= 15 is 0 Å². The van der Waals surface area contributed by atoms with Crippen LogP contribution in [0.25, 0.3) is 0 Å². The molecule has 6 nitrogen and oxygen atoms in total. The van der Waals surface area contributed by atoms with E-state index in [0.29, 0.717) is 0 Å². The zero-order chi connectivity index (χ0) is 16.1. The summed E-state index contributed by atoms with van der Waals surface area (Å²) in [6.45, 7) is 6.20. The van der Waals surface area contributed by atoms with E-state index in [-0.39, 0.29) is 25.5 Å². The van der Waals surface area contributed by atoms with Gasteiger partial charge in [0.15, 0.2) is 5.71 Å². The van der Waals surface area contributed by atoms with Gasteiger partial charge in [0.1, 0.15) is 5.92 Å². The fraction of sp³-hybridized carbons (Fsp3) is 0.438. The van der Waals surface area contributed by atoms with E-state index in [2.05, 4.69) is 5.10 Å². The number of ether oxygens (including phenoxy) is 2. The quantitative estimate of drug-likeness (QED) is 0.777. The maximum absolute atomic E-state index is 12.1. The van der Waals surface area contributed by atoms with Crippen LogP contribution in [0.5, 0.6) is 0 Å². The SMILES string of the molecule is CCOC(=O)C1=NN(c2ccc(C)cc2)C[C@@H]1C(=O)OCC. The van der Waals surface area contributed by atoms with E-state index in [1.165, 1.54) is 0 Å². The molecule has 0 fully saturated rings. The van der Waals surface area contributed by atoms with Gasteiger partial charge >= 0.3 is 11.9 Å². The van der Waals surface area contributed by atoms with Crippen molar-refractivity contribution in [2.75, 3.05) is 24.8 Å². The molecule has 2 rings (SSSR count). The Morgan fingerprint density at radius 3 is 2.41 bits per heavy atom. The van der Waals surface area contributed by atoms with Crippen LogP contribution in [0, 0.1) is 12.8 Å². The molecule has 0 aromatic heterocycles. The third-order valence-electron chi connectivity index (χ3n) is 3.30. The van der Waals surface area contributed by atoms with Crippen molar-refractivity contribution in [3.63, 3.8) is 0 Å². The second-order valence-corrected chi connectivity index (χ2v) is 4.93. The van der Waals surface area contributed by atoms with Crippen molar-refractivity contribution in [1.82, 2.24) is 0 Å². The molecule has 0 spiro atoms. The molecule has 1 aliphatic heterocycles. The molecule has 1 atom stereocenters. The predicted molar refractivity (Wildman–Crippen MR) is 82.7 cm³/mol. The fourth-order valence-corrected chi connectivity index (χ4v) is 2.20. The third kappa shape index (κ3) is 3.44. The van der Waals surface area contributed by atoms with Gasteiger partial charge in [0.25, 0.3) is 0 Å². The van der Waals surface area contributed by atoms with E-state index < -0.39 is 17.9 Å². The van der Waals surface area contributed by atoms with Gasteiger partial charge in [-0.05, 0) is 32.9 Å². The zero-order valence-corrected chi connectivity index (χ0v) is 13.0. The average molecular weight is 304 g/mol. The van der Waals surface area contributed by atoms with Crippen LogP contribution in [0.4, 0.5) is 5.69 Å². The first-order valence-electron chi connectivity index (χ1n) is 7.33. The lowest BCUT2D eigenvalue weighted by Crippen LogP contribution is -2.33. The summed E-state index contributed by atoms with van der Waals surface area (Å²) in [5.41, 5.74) is 2.04. The normalized spacial score (nSPS) is 17.1. The van der Waals surface area contributed by atoms with Crippen LogP contribution in [-0.2, 0) is 19.1 Å². The highest BCUT2D eigenvalue weighted by molar-refractivity contribution is 6.41. The van der Waals surface area contributed by atoms with Crippen LogP contribution in [-0.4, -0.2) is 37.4 Å². The minimum absolute atomic E-state index is 0.0980. The number of benzene rings is 1. The highest BCUT2D eigenvalue weighted by Gasteiger charge is 2.39. The molecule has 0 N–H and O–H groups in total. The predicted octanol–water partition coefficient (Wildman–Crippen LogP) is 1.91. The van der Waals surface area contributed by atoms with Gasteiger partial charge in [0, 0.05) is 0 Å². The summed E-state index contributed by atoms with van der Waals surface area (Å²) in [5, 5.41) is 5.90. The summed E-state index contributed by atoms with van der Waals surface area (Å²) in [5.74, 6) is -1.75. The standard InChI is InChI=1S/C16H20N2O4/c1-4-21-15(19)13-10-18(12-8-6-11(3)7-9-12)17-14(13)16(20)22-5-2/h6-9,13H,4-5,10H2,1-3H3/t13-/m0/s1. The second-order valence-electron chi connectivity index (χ2n) is 4.93. The van der Waals surface area contributed by atoms with Crippen LogP contribution >= 0.6 is 0 Å². The second kappa shape index (κ2) is 7.06. The number of carbonyl (C=O) groups is 2. The van der Waals surface area contributed by atoms with Gasteiger partial charge in [0.05, 0.1) is 25.4 Å². The van der Waals surface area contributed by atoms with E-state index in [1.54, 1.807) is 18.9 Å². The van der Waals surface area contributed by atoms with Gasteiger partial charge in [0.2, 0.25) is 0 Å². The lowest BCUT2D eigenvalue weighted by molar-refractivity contribution is -0.146. The molecule has 1 aliphatic rings. The van der Waals surface area contributed by atoms with E-state index in [4.69, 9.17) is 9.47 Å². The number of aryl methyl sites for hydroxylation is 1. The summed E-state index contributed by atoms with van der Waals surface area (Å²) in [6, 6.07) is 7.70. The molecule has 22 heavy (non-hydrogen) atoms. The van der Waals surface area contributed by atoms with Gasteiger partial charge in [-0.15, -0.1) is 0 Å². The number of hydrogen-bond acceptors (Lipinski definition) is 6. The van der Waals surface area contributed by atoms with Crippen molar-refractivity contribution >= 4 is 23.3 Å². The summed E-state index contributed by atoms with van der Waals surface area (Å²) in [4.78, 5) is 24.1. The lowest BCUT2D eigenvalue weighted by atomic mass is 10.0. The van der Waals surface area contributed by atoms with Gasteiger partial charge in [-0.2, -0.15) is 5.10 Å². The third-order valence-corrected chi connectivity index (χ3v) is 3.30. The molecular weight excluding hydrogens is 284 g/mol. The molecular formula is C16H20N2O4. The van der Waals surface area contributed by atoms with Crippen molar-refractivity contribution in [1.29, 1.82) is 0 Å². The molecule has 118 valence electrons. The van der Waals surface area contributed by atoms with E-state index in [9.17, 15) is 9.59 Å². The molecule has 0 amide bonds. The van der Waals surface area contributed by atoms with Crippen molar-refractivity contribution in [3.05, 3.63) is 29.8 Å². The molecule has 6 heteroatoms. The molecule has 0 bridgehead atoms. The van der Waals surface area contributed by atoms with Crippen LogP contribution < -0.4 is 5.01 Å². The van der Waals surface area contributed by atoms with Gasteiger partial charge in [-0.1, -0.05) is 17.7 Å². The molecule has 0 unspecified atom stereocenters. The van der Waals surface area contributed by atoms with Crippen molar-refractivity contribution < 1.29 is 19.1 Å². The largest absolute Gasteiger partial charge is 0.465 e. The Morgan fingerprint density at radius 2 is 1.82 bits per heavy atom. The van der Waals surface area contributed by atoms with Crippen LogP contribution in [0.15, 0.2) is 29.4 Å². The van der Waals surface area contributed by atoms with Gasteiger partial charge < -0.3 is 9.47 Å². The first-order chi connectivity index (χ1) is 10.6. The highest BCUT2D eigenvalue weighted by atomic mass is 16.5. The molecule has 1 heterocycles. The average Bonchev–Trinajstić information content (AvgIpc) is 2.94. The molecule has 0 aliphatic carbocycles. The number of hydrazone groups is 1. The number of nitrogens with zero attached hydrogens (tertiary/aromatic N) is 2. The Kier molecular flexibility index (Phi) is 5.14. The lowest BCUT2D eigenvalue weighted by Gasteiger charge is -2.15. The summed E-state index contributed by atoms with van der Waals surface area (Å²) in [6.07, 6.45) is 0. The smallest absolute Gasteiger partial charge is 0.355 e. The minimum Gasteiger partial charge on any atom is -0.465 e. The summed E-state index contributed by atoms with van der Waals surface area (Å²) < 4.78 is 10.0. The van der Waals surface area contributed by atoms with Gasteiger partial charge in [-0.3, -0.25) is 9.80 Å². The first-order valence-corrected chi connectivity index (χ1v) is 7.33. The number of hydrogen-bond donors (Lipinski definition) is 0. The number of carbonyl (C=O) groups excluding carboxylic acids is 2. The van der Waals surface area contributed by atoms with E-state index in [1.807, 2.05) is 31.2 Å². The Hall–Kier alpha value is -2.37. The maximum atomic E-state index is 12.1. The topological polar surface area (TPSA) is 68.2 Å². The summed E-state index contributed by atoms with van der Waals surface area (Å²) >= 11 is 0. The van der Waals surface area contributed by atoms with Crippen molar-refractivity contribution in [3.8, 4) is 0 Å². The van der Waals surface area contributed by atoms with Crippen LogP contribution in [0.1, 0.15) is 19.4 Å². The van der Waals surface area contributed by atoms with Crippen LogP contribution in [0.2, 0.25) is 0 Å². The van der Waals surface area contributed by atoms with Gasteiger partial charge in [-0.25, -0.2) is 4.79 Å². The number of anilines is 1. The van der Waals surface area contributed by atoms with Crippen LogP contribution in [0.3, 0.4) is 0 Å². The Balaban J connectivity index is 2.25. The fourth-order valence-electron chi connectivity index (χ4n) is 2.20. The molecule has 0 saturated heterocycles. The Labute approximate surface area is 129 Å². The maximum Gasteiger partial charge on any atom is 0.355 e. The Bertz CT molecular complexity index is 580. The van der Waals surface area contributed by atoms with Crippen molar-refractivity contribution in [2.24, 2.45) is 11.0 Å². The Morgan fingerprint density at radius 1 is 1.18 bits per heavy atom. The number of rotatable bonds is 5. The van der Waals surface area contributed by atoms with E-state index in [0.717, 1.165) is 11.3 Å². The summed E-state index contributed by atoms with van der Waals surface area (Å²) in [7, 11) is 0. The minimum atomic E-state index is -0.722. The molecule has 0 saturated carbocycles. The molecule has 1 aromatic carbocycles. The molecule has 0 radical (unpaired) electrons. The molecule has 1 aromatic rings. The monoisotopic (exact) mass is 304 g/mol. The van der Waals surface area contributed by atoms with Crippen molar-refractivity contribution in [2.45, 2.75) is 20.8 Å². The highest BCUT2D eigenvalue weighted by Crippen LogP contribution is 2.24. The number of esters is 2.